The van der Waals surface area contributed by atoms with Crippen LogP contribution in [0.5, 0.6) is 0 Å². The van der Waals surface area contributed by atoms with E-state index >= 15 is 0 Å². The van der Waals surface area contributed by atoms with Crippen molar-refractivity contribution in [2.45, 2.75) is 18.5 Å². The van der Waals surface area contributed by atoms with E-state index in [9.17, 15) is 4.79 Å². The minimum absolute atomic E-state index is 0.0705. The Kier molecular flexibility index (Phi) is 3.40. The third kappa shape index (κ3) is 2.62. The van der Waals surface area contributed by atoms with E-state index in [0.717, 1.165) is 5.56 Å². The Labute approximate surface area is 101 Å². The van der Waals surface area contributed by atoms with Crippen molar-refractivity contribution in [1.82, 2.24) is 9.88 Å². The Bertz CT molecular complexity index is 388. The maximum Gasteiger partial charge on any atom is 0.245 e. The Morgan fingerprint density at radius 2 is 2.53 bits per heavy atom. The molecule has 5 heteroatoms. The molecular weight excluding hydrogens is 218 g/mol. The largest absolute Gasteiger partial charge is 0.379 e. The molecule has 0 saturated carbocycles. The van der Waals surface area contributed by atoms with Gasteiger partial charge in [-0.2, -0.15) is 0 Å². The summed E-state index contributed by atoms with van der Waals surface area (Å²) in [5.74, 6) is -0.0705. The molecule has 92 valence electrons. The quantitative estimate of drug-likeness (QED) is 0.810. The van der Waals surface area contributed by atoms with E-state index in [1.165, 1.54) is 0 Å². The summed E-state index contributed by atoms with van der Waals surface area (Å²) in [5, 5.41) is 0. The molecular formula is C12H17N3O2. The zero-order chi connectivity index (χ0) is 12.3. The van der Waals surface area contributed by atoms with E-state index in [0.29, 0.717) is 26.2 Å². The highest BCUT2D eigenvalue weighted by atomic mass is 16.5. The second-order valence-corrected chi connectivity index (χ2v) is 4.48. The van der Waals surface area contributed by atoms with Crippen molar-refractivity contribution in [2.75, 3.05) is 20.3 Å². The second kappa shape index (κ2) is 4.81. The number of nitrogens with zero attached hydrogens (tertiary/aromatic N) is 2. The molecule has 17 heavy (non-hydrogen) atoms. The molecule has 1 saturated heterocycles. The van der Waals surface area contributed by atoms with E-state index in [1.54, 1.807) is 24.3 Å². The fourth-order valence-electron chi connectivity index (χ4n) is 1.97. The van der Waals surface area contributed by atoms with Crippen LogP contribution < -0.4 is 5.73 Å². The molecule has 1 aliphatic rings. The topological polar surface area (TPSA) is 68.5 Å². The van der Waals surface area contributed by atoms with Crippen LogP contribution in [0.25, 0.3) is 0 Å². The second-order valence-electron chi connectivity index (χ2n) is 4.48. The maximum absolute atomic E-state index is 12.2. The van der Waals surface area contributed by atoms with Crippen molar-refractivity contribution in [1.29, 1.82) is 0 Å². The molecule has 2 heterocycles. The SMILES string of the molecule is CN(Cc1cccnc1)C(=O)C1(N)CCOC1. The van der Waals surface area contributed by atoms with Gasteiger partial charge in [-0.25, -0.2) is 0 Å². The molecule has 1 aromatic heterocycles. The number of hydrogen-bond donors (Lipinski definition) is 1. The number of rotatable bonds is 3. The lowest BCUT2D eigenvalue weighted by atomic mass is 9.98. The van der Waals surface area contributed by atoms with Gasteiger partial charge in [-0.15, -0.1) is 0 Å². The molecule has 0 spiro atoms. The first kappa shape index (κ1) is 12.0. The van der Waals surface area contributed by atoms with Gasteiger partial charge < -0.3 is 15.4 Å². The van der Waals surface area contributed by atoms with Crippen LogP contribution in [0.1, 0.15) is 12.0 Å². The standard InChI is InChI=1S/C12H17N3O2/c1-15(8-10-3-2-5-14-7-10)11(16)12(13)4-6-17-9-12/h2-3,5,7H,4,6,8-9,13H2,1H3. The van der Waals surface area contributed by atoms with Crippen molar-refractivity contribution in [3.63, 3.8) is 0 Å². The Balaban J connectivity index is 2.00. The third-order valence-electron chi connectivity index (χ3n) is 2.97. The summed E-state index contributed by atoms with van der Waals surface area (Å²) in [6, 6.07) is 3.79. The average molecular weight is 235 g/mol. The Morgan fingerprint density at radius 1 is 1.71 bits per heavy atom. The van der Waals surface area contributed by atoms with Gasteiger partial charge in [-0.1, -0.05) is 6.07 Å². The summed E-state index contributed by atoms with van der Waals surface area (Å²) in [5.41, 5.74) is 6.17. The van der Waals surface area contributed by atoms with E-state index in [-0.39, 0.29) is 5.91 Å². The van der Waals surface area contributed by atoms with Crippen LogP contribution in [0.4, 0.5) is 0 Å². The van der Waals surface area contributed by atoms with Crippen LogP contribution in [0, 0.1) is 0 Å². The van der Waals surface area contributed by atoms with E-state index in [4.69, 9.17) is 10.5 Å². The first-order chi connectivity index (χ1) is 8.12. The molecule has 1 amide bonds. The first-order valence-electron chi connectivity index (χ1n) is 5.63. The smallest absolute Gasteiger partial charge is 0.245 e. The molecule has 0 aromatic carbocycles. The van der Waals surface area contributed by atoms with Crippen LogP contribution in [0.3, 0.4) is 0 Å². The molecule has 1 fully saturated rings. The lowest BCUT2D eigenvalue weighted by molar-refractivity contribution is -0.136. The van der Waals surface area contributed by atoms with Crippen molar-refractivity contribution in [2.24, 2.45) is 5.73 Å². The van der Waals surface area contributed by atoms with Crippen LogP contribution in [-0.4, -0.2) is 41.6 Å². The summed E-state index contributed by atoms with van der Waals surface area (Å²) in [6.45, 7) is 1.39. The molecule has 1 aliphatic heterocycles. The zero-order valence-corrected chi connectivity index (χ0v) is 9.93. The van der Waals surface area contributed by atoms with Gasteiger partial charge in [0.05, 0.1) is 6.61 Å². The van der Waals surface area contributed by atoms with Gasteiger partial charge >= 0.3 is 0 Å². The highest BCUT2D eigenvalue weighted by Gasteiger charge is 2.40. The summed E-state index contributed by atoms with van der Waals surface area (Å²) >= 11 is 0. The average Bonchev–Trinajstić information content (AvgIpc) is 2.78. The molecule has 1 atom stereocenters. The molecule has 5 nitrogen and oxygen atoms in total. The minimum atomic E-state index is -0.850. The van der Waals surface area contributed by atoms with Gasteiger partial charge in [-0.3, -0.25) is 9.78 Å². The van der Waals surface area contributed by atoms with Gasteiger partial charge in [0.1, 0.15) is 5.54 Å². The normalized spacial score (nSPS) is 23.6. The lowest BCUT2D eigenvalue weighted by Crippen LogP contribution is -2.54. The Hall–Kier alpha value is -1.46. The van der Waals surface area contributed by atoms with E-state index in [1.807, 2.05) is 12.1 Å². The van der Waals surface area contributed by atoms with Crippen LogP contribution >= 0.6 is 0 Å². The fourth-order valence-corrected chi connectivity index (χ4v) is 1.97. The molecule has 2 rings (SSSR count). The van der Waals surface area contributed by atoms with Gasteiger partial charge in [0.15, 0.2) is 0 Å². The minimum Gasteiger partial charge on any atom is -0.379 e. The Morgan fingerprint density at radius 3 is 3.12 bits per heavy atom. The van der Waals surface area contributed by atoms with Crippen LogP contribution in [0.15, 0.2) is 24.5 Å². The van der Waals surface area contributed by atoms with Gasteiger partial charge in [0, 0.05) is 32.6 Å². The number of aromatic nitrogens is 1. The summed E-state index contributed by atoms with van der Waals surface area (Å²) < 4.78 is 5.20. The van der Waals surface area contributed by atoms with Crippen molar-refractivity contribution in [3.8, 4) is 0 Å². The van der Waals surface area contributed by atoms with E-state index < -0.39 is 5.54 Å². The van der Waals surface area contributed by atoms with Gasteiger partial charge in [0.2, 0.25) is 5.91 Å². The summed E-state index contributed by atoms with van der Waals surface area (Å²) in [7, 11) is 1.75. The summed E-state index contributed by atoms with van der Waals surface area (Å²) in [4.78, 5) is 17.8. The zero-order valence-electron chi connectivity index (χ0n) is 9.93. The number of amides is 1. The number of ether oxygens (including phenoxy) is 1. The highest BCUT2D eigenvalue weighted by molar-refractivity contribution is 5.86. The van der Waals surface area contributed by atoms with Crippen molar-refractivity contribution < 1.29 is 9.53 Å². The number of nitrogens with two attached hydrogens (primary N) is 1. The third-order valence-corrected chi connectivity index (χ3v) is 2.97. The van der Waals surface area contributed by atoms with Crippen LogP contribution in [-0.2, 0) is 16.1 Å². The number of pyridine rings is 1. The monoisotopic (exact) mass is 235 g/mol. The van der Waals surface area contributed by atoms with Crippen molar-refractivity contribution >= 4 is 5.91 Å². The van der Waals surface area contributed by atoms with Gasteiger partial charge in [0.25, 0.3) is 0 Å². The molecule has 1 unspecified atom stereocenters. The molecule has 0 radical (unpaired) electrons. The molecule has 2 N–H and O–H groups in total. The number of likely N-dealkylation sites (N-methyl/N-ethyl adjacent to an activating group) is 1. The van der Waals surface area contributed by atoms with E-state index in [2.05, 4.69) is 4.98 Å². The molecule has 0 aliphatic carbocycles. The van der Waals surface area contributed by atoms with Gasteiger partial charge in [-0.05, 0) is 18.1 Å². The molecule has 0 bridgehead atoms. The van der Waals surface area contributed by atoms with Crippen LogP contribution in [0.2, 0.25) is 0 Å². The molecule has 1 aromatic rings. The van der Waals surface area contributed by atoms with Crippen molar-refractivity contribution in [3.05, 3.63) is 30.1 Å². The number of carbonyl (C=O) groups is 1. The fraction of sp³-hybridized carbons (Fsp3) is 0.500. The summed E-state index contributed by atoms with van der Waals surface area (Å²) in [6.07, 6.45) is 4.04. The predicted octanol–water partition coefficient (Wildman–Crippen LogP) is 0.158. The predicted molar refractivity (Wildman–Crippen MR) is 63.1 cm³/mol. The first-order valence-corrected chi connectivity index (χ1v) is 5.63. The maximum atomic E-state index is 12.2. The highest BCUT2D eigenvalue weighted by Crippen LogP contribution is 2.18. The number of hydrogen-bond acceptors (Lipinski definition) is 4. The number of carbonyl (C=O) groups excluding carboxylic acids is 1. The lowest BCUT2D eigenvalue weighted by Gasteiger charge is -2.27.